The van der Waals surface area contributed by atoms with Crippen LogP contribution in [0.4, 0.5) is 0 Å². The number of β-amino-alcohol motifs (C(OH)–C–C–N with tert-alkyl or cyclic N) is 1. The average Bonchev–Trinajstić information content (AvgIpc) is 2.41. The lowest BCUT2D eigenvalue weighted by atomic mass is 10.0. The van der Waals surface area contributed by atoms with Crippen molar-refractivity contribution in [1.29, 1.82) is 0 Å². The Morgan fingerprint density at radius 1 is 1.33 bits per heavy atom. The number of rotatable bonds is 4. The minimum atomic E-state index is -0.292. The lowest BCUT2D eigenvalue weighted by molar-refractivity contribution is 0.0486. The molecule has 1 aromatic carbocycles. The summed E-state index contributed by atoms with van der Waals surface area (Å²) in [5, 5.41) is 10.5. The number of piperazine rings is 1. The summed E-state index contributed by atoms with van der Waals surface area (Å²) in [5.74, 6) is 0. The van der Waals surface area contributed by atoms with Crippen molar-refractivity contribution < 1.29 is 5.11 Å². The molecule has 0 bridgehead atoms. The molecule has 0 radical (unpaired) electrons. The first-order chi connectivity index (χ1) is 8.70. The second-order valence-corrected chi connectivity index (χ2v) is 5.64. The van der Waals surface area contributed by atoms with Gasteiger partial charge >= 0.3 is 0 Å². The Labute approximate surface area is 118 Å². The largest absolute Gasteiger partial charge is 0.391 e. The monoisotopic (exact) mass is 312 g/mol. The minimum Gasteiger partial charge on any atom is -0.391 e. The first-order valence-corrected chi connectivity index (χ1v) is 7.54. The van der Waals surface area contributed by atoms with Crippen molar-refractivity contribution in [2.45, 2.75) is 12.1 Å². The molecule has 0 saturated carbocycles. The summed E-state index contributed by atoms with van der Waals surface area (Å²) < 4.78 is 0. The average molecular weight is 313 g/mol. The Balaban J connectivity index is 2.11. The third-order valence-corrected chi connectivity index (χ3v) is 4.25. The fourth-order valence-corrected chi connectivity index (χ4v) is 2.69. The van der Waals surface area contributed by atoms with Crippen LogP contribution in [0.2, 0.25) is 0 Å². The van der Waals surface area contributed by atoms with E-state index in [1.807, 2.05) is 6.07 Å². The Morgan fingerprint density at radius 3 is 2.72 bits per heavy atom. The molecule has 2 unspecified atom stereocenters. The number of benzene rings is 1. The van der Waals surface area contributed by atoms with E-state index in [1.165, 1.54) is 5.56 Å². The highest BCUT2D eigenvalue weighted by atomic mass is 79.9. The molecule has 18 heavy (non-hydrogen) atoms. The van der Waals surface area contributed by atoms with E-state index in [4.69, 9.17) is 0 Å². The van der Waals surface area contributed by atoms with Gasteiger partial charge in [0, 0.05) is 37.6 Å². The van der Waals surface area contributed by atoms with Crippen LogP contribution in [-0.2, 0) is 0 Å². The van der Waals surface area contributed by atoms with Gasteiger partial charge in [-0.2, -0.15) is 0 Å². The number of aliphatic hydroxyl groups excluding tert-OH is 1. The second kappa shape index (κ2) is 6.66. The highest BCUT2D eigenvalue weighted by Crippen LogP contribution is 2.24. The van der Waals surface area contributed by atoms with E-state index in [0.717, 1.165) is 26.2 Å². The fraction of sp³-hybridized carbons (Fsp3) is 0.571. The quantitative estimate of drug-likeness (QED) is 0.858. The van der Waals surface area contributed by atoms with E-state index in [2.05, 4.69) is 57.0 Å². The highest BCUT2D eigenvalue weighted by molar-refractivity contribution is 9.09. The molecule has 4 heteroatoms. The lowest BCUT2D eigenvalue weighted by Crippen LogP contribution is -2.49. The molecule has 2 atom stereocenters. The third kappa shape index (κ3) is 3.54. The molecule has 2 rings (SSSR count). The number of nitrogens with zero attached hydrogens (tertiary/aromatic N) is 2. The Bertz CT molecular complexity index is 360. The van der Waals surface area contributed by atoms with Gasteiger partial charge in [0.2, 0.25) is 0 Å². The van der Waals surface area contributed by atoms with Crippen LogP contribution >= 0.6 is 15.9 Å². The second-order valence-electron chi connectivity index (χ2n) is 4.99. The number of aliphatic hydroxyl groups is 1. The van der Waals surface area contributed by atoms with Gasteiger partial charge in [-0.3, -0.25) is 4.90 Å². The highest BCUT2D eigenvalue weighted by Gasteiger charge is 2.27. The van der Waals surface area contributed by atoms with Crippen molar-refractivity contribution in [3.63, 3.8) is 0 Å². The van der Waals surface area contributed by atoms with Gasteiger partial charge in [0.15, 0.2) is 0 Å². The standard InChI is InChI=1S/C14H21BrN2O/c1-16-7-8-17(10-13(18)9-15)14(11-16)12-5-3-2-4-6-12/h2-6,13-14,18H,7-11H2,1H3. The number of alkyl halides is 1. The maximum atomic E-state index is 9.84. The van der Waals surface area contributed by atoms with Crippen molar-refractivity contribution in [3.8, 4) is 0 Å². The summed E-state index contributed by atoms with van der Waals surface area (Å²) in [4.78, 5) is 4.75. The predicted molar refractivity (Wildman–Crippen MR) is 78.1 cm³/mol. The van der Waals surface area contributed by atoms with Crippen molar-refractivity contribution >= 4 is 15.9 Å². The summed E-state index contributed by atoms with van der Waals surface area (Å²) in [6.45, 7) is 3.84. The van der Waals surface area contributed by atoms with Crippen LogP contribution in [0.15, 0.2) is 30.3 Å². The van der Waals surface area contributed by atoms with Crippen LogP contribution in [0.5, 0.6) is 0 Å². The van der Waals surface area contributed by atoms with Crippen molar-refractivity contribution in [2.75, 3.05) is 38.6 Å². The maximum Gasteiger partial charge on any atom is 0.0763 e. The summed E-state index contributed by atoms with van der Waals surface area (Å²) >= 11 is 3.34. The van der Waals surface area contributed by atoms with E-state index >= 15 is 0 Å². The van der Waals surface area contributed by atoms with Crippen LogP contribution in [0.3, 0.4) is 0 Å². The molecule has 0 spiro atoms. The van der Waals surface area contributed by atoms with Gasteiger partial charge in [0.05, 0.1) is 6.10 Å². The first kappa shape index (κ1) is 14.0. The third-order valence-electron chi connectivity index (χ3n) is 3.50. The van der Waals surface area contributed by atoms with Gasteiger partial charge in [-0.25, -0.2) is 0 Å². The SMILES string of the molecule is CN1CCN(CC(O)CBr)C(c2ccccc2)C1. The van der Waals surface area contributed by atoms with Crippen molar-refractivity contribution in [2.24, 2.45) is 0 Å². The van der Waals surface area contributed by atoms with Crippen LogP contribution in [-0.4, -0.2) is 59.6 Å². The predicted octanol–water partition coefficient (Wildman–Crippen LogP) is 1.73. The smallest absolute Gasteiger partial charge is 0.0763 e. The van der Waals surface area contributed by atoms with Crippen LogP contribution in [0.25, 0.3) is 0 Å². The molecule has 3 nitrogen and oxygen atoms in total. The molecular formula is C14H21BrN2O. The van der Waals surface area contributed by atoms with Gasteiger partial charge in [0.1, 0.15) is 0 Å². The zero-order valence-electron chi connectivity index (χ0n) is 10.8. The Kier molecular flexibility index (Phi) is 5.18. The fourth-order valence-electron chi connectivity index (χ4n) is 2.49. The summed E-state index contributed by atoms with van der Waals surface area (Å²) in [5.41, 5.74) is 1.34. The zero-order chi connectivity index (χ0) is 13.0. The van der Waals surface area contributed by atoms with Crippen LogP contribution in [0.1, 0.15) is 11.6 Å². The lowest BCUT2D eigenvalue weighted by Gasteiger charge is -2.41. The molecule has 0 aliphatic carbocycles. The maximum absolute atomic E-state index is 9.84. The molecule has 1 fully saturated rings. The molecule has 1 aromatic rings. The first-order valence-electron chi connectivity index (χ1n) is 6.42. The van der Waals surface area contributed by atoms with Crippen molar-refractivity contribution in [1.82, 2.24) is 9.80 Å². The number of halogens is 1. The van der Waals surface area contributed by atoms with Gasteiger partial charge in [-0.15, -0.1) is 0 Å². The zero-order valence-corrected chi connectivity index (χ0v) is 12.4. The summed E-state index contributed by atoms with van der Waals surface area (Å²) in [6, 6.07) is 11.0. The normalized spacial score (nSPS) is 24.1. The minimum absolute atomic E-state index is 0.292. The molecule has 1 N–H and O–H groups in total. The number of likely N-dealkylation sites (N-methyl/N-ethyl adjacent to an activating group) is 1. The molecular weight excluding hydrogens is 292 g/mol. The topological polar surface area (TPSA) is 26.7 Å². The summed E-state index contributed by atoms with van der Waals surface area (Å²) in [6.07, 6.45) is -0.292. The Hall–Kier alpha value is -0.420. The van der Waals surface area contributed by atoms with Gasteiger partial charge in [0.25, 0.3) is 0 Å². The van der Waals surface area contributed by atoms with E-state index in [-0.39, 0.29) is 6.10 Å². The molecule has 1 aliphatic rings. The van der Waals surface area contributed by atoms with Crippen molar-refractivity contribution in [3.05, 3.63) is 35.9 Å². The molecule has 1 aliphatic heterocycles. The number of hydrogen-bond acceptors (Lipinski definition) is 3. The van der Waals surface area contributed by atoms with E-state index in [9.17, 15) is 5.11 Å². The molecule has 100 valence electrons. The van der Waals surface area contributed by atoms with Crippen LogP contribution < -0.4 is 0 Å². The van der Waals surface area contributed by atoms with E-state index < -0.39 is 0 Å². The molecule has 0 aromatic heterocycles. The summed E-state index contributed by atoms with van der Waals surface area (Å²) in [7, 11) is 2.16. The Morgan fingerprint density at radius 2 is 2.06 bits per heavy atom. The van der Waals surface area contributed by atoms with Gasteiger partial charge < -0.3 is 10.0 Å². The molecule has 1 saturated heterocycles. The molecule has 0 amide bonds. The van der Waals surface area contributed by atoms with E-state index in [1.54, 1.807) is 0 Å². The van der Waals surface area contributed by atoms with Crippen LogP contribution in [0, 0.1) is 0 Å². The molecule has 1 heterocycles. The van der Waals surface area contributed by atoms with Gasteiger partial charge in [-0.1, -0.05) is 46.3 Å². The van der Waals surface area contributed by atoms with Gasteiger partial charge in [-0.05, 0) is 12.6 Å². The number of hydrogen-bond donors (Lipinski definition) is 1. The van der Waals surface area contributed by atoms with E-state index in [0.29, 0.717) is 11.4 Å².